The lowest BCUT2D eigenvalue weighted by molar-refractivity contribution is 0.640. The molecule has 1 nitrogen and oxygen atoms in total. The Hall–Kier alpha value is 0.310. The van der Waals surface area contributed by atoms with Gasteiger partial charge in [0.2, 0.25) is 0 Å². The average Bonchev–Trinajstić information content (AvgIpc) is 2.94. The maximum absolute atomic E-state index is 3.55. The van der Waals surface area contributed by atoms with E-state index in [1.807, 2.05) is 0 Å². The minimum absolute atomic E-state index is 0.858. The van der Waals surface area contributed by atoms with E-state index in [-0.39, 0.29) is 0 Å². The van der Waals surface area contributed by atoms with E-state index in [2.05, 4.69) is 30.9 Å². The topological polar surface area (TPSA) is 12.0 Å². The predicted molar refractivity (Wildman–Crippen MR) is 62.5 cm³/mol. The fraction of sp³-hybridized carbons (Fsp3) is 1.00. The summed E-state index contributed by atoms with van der Waals surface area (Å²) >= 11 is 2.12. The zero-order valence-corrected chi connectivity index (χ0v) is 9.83. The first-order valence-corrected chi connectivity index (χ1v) is 6.72. The minimum atomic E-state index is 0.858. The highest BCUT2D eigenvalue weighted by Crippen LogP contribution is 2.19. The summed E-state index contributed by atoms with van der Waals surface area (Å²) in [4.78, 5) is 0. The van der Waals surface area contributed by atoms with Gasteiger partial charge >= 0.3 is 0 Å². The Kier molecular flexibility index (Phi) is 5.88. The van der Waals surface area contributed by atoms with Gasteiger partial charge in [-0.2, -0.15) is 11.8 Å². The van der Waals surface area contributed by atoms with Gasteiger partial charge in [-0.05, 0) is 44.4 Å². The summed E-state index contributed by atoms with van der Waals surface area (Å²) in [6, 6.07) is 0.891. The molecule has 0 aromatic heterocycles. The lowest BCUT2D eigenvalue weighted by atomic mass is 10.3. The van der Waals surface area contributed by atoms with Crippen molar-refractivity contribution in [2.24, 2.45) is 0 Å². The molecule has 0 amide bonds. The number of hydrogen-bond donors (Lipinski definition) is 1. The molecule has 0 aromatic carbocycles. The Morgan fingerprint density at radius 2 is 2.15 bits per heavy atom. The van der Waals surface area contributed by atoms with E-state index in [4.69, 9.17) is 0 Å². The lowest BCUT2D eigenvalue weighted by Gasteiger charge is -2.07. The molecular formula is C11H23NS. The Morgan fingerprint density at radius 3 is 2.77 bits per heavy atom. The monoisotopic (exact) mass is 201 g/mol. The van der Waals surface area contributed by atoms with Crippen LogP contribution >= 0.6 is 11.8 Å². The van der Waals surface area contributed by atoms with Crippen LogP contribution in [0.25, 0.3) is 0 Å². The number of rotatable bonds is 8. The third-order valence-corrected chi connectivity index (χ3v) is 3.99. The van der Waals surface area contributed by atoms with Crippen molar-refractivity contribution >= 4 is 11.8 Å². The first-order chi connectivity index (χ1) is 6.33. The summed E-state index contributed by atoms with van der Waals surface area (Å²) in [5.74, 6) is 1.35. The predicted octanol–water partition coefficient (Wildman–Crippen LogP) is 3.05. The first-order valence-electron chi connectivity index (χ1n) is 5.68. The van der Waals surface area contributed by atoms with Crippen LogP contribution in [0.5, 0.6) is 0 Å². The van der Waals surface area contributed by atoms with Gasteiger partial charge in [-0.25, -0.2) is 0 Å². The smallest absolute Gasteiger partial charge is 0.00682 e. The van der Waals surface area contributed by atoms with Crippen LogP contribution < -0.4 is 5.32 Å². The van der Waals surface area contributed by atoms with E-state index in [0.29, 0.717) is 0 Å². The van der Waals surface area contributed by atoms with Gasteiger partial charge in [0.1, 0.15) is 0 Å². The van der Waals surface area contributed by atoms with Crippen molar-refractivity contribution in [1.82, 2.24) is 5.32 Å². The van der Waals surface area contributed by atoms with Crippen LogP contribution in [0.4, 0.5) is 0 Å². The Labute approximate surface area is 87.1 Å². The Morgan fingerprint density at radius 1 is 1.38 bits per heavy atom. The highest BCUT2D eigenvalue weighted by Gasteiger charge is 2.19. The number of unbranched alkanes of at least 4 members (excludes halogenated alkanes) is 1. The van der Waals surface area contributed by atoms with Crippen molar-refractivity contribution in [2.45, 2.75) is 57.2 Å². The second-order valence-corrected chi connectivity index (χ2v) is 5.57. The van der Waals surface area contributed by atoms with Crippen LogP contribution in [0.2, 0.25) is 0 Å². The quantitative estimate of drug-likeness (QED) is 0.606. The number of thioether (sulfide) groups is 1. The molecule has 13 heavy (non-hydrogen) atoms. The van der Waals surface area contributed by atoms with Gasteiger partial charge in [0.25, 0.3) is 0 Å². The fourth-order valence-electron chi connectivity index (χ4n) is 1.22. The van der Waals surface area contributed by atoms with Gasteiger partial charge in [-0.1, -0.05) is 13.8 Å². The molecule has 1 aliphatic carbocycles. The summed E-state index contributed by atoms with van der Waals surface area (Å²) < 4.78 is 0. The molecule has 0 aliphatic heterocycles. The van der Waals surface area contributed by atoms with Crippen LogP contribution in [0.15, 0.2) is 0 Å². The van der Waals surface area contributed by atoms with Crippen LogP contribution in [-0.4, -0.2) is 23.6 Å². The van der Waals surface area contributed by atoms with Crippen molar-refractivity contribution in [2.75, 3.05) is 12.3 Å². The van der Waals surface area contributed by atoms with E-state index >= 15 is 0 Å². The SMILES string of the molecule is CCC(C)SCCCCNC1CC1. The maximum Gasteiger partial charge on any atom is 0.00682 e. The fourth-order valence-corrected chi connectivity index (χ4v) is 2.23. The molecule has 0 heterocycles. The third kappa shape index (κ3) is 6.39. The Balaban J connectivity index is 1.72. The molecule has 1 unspecified atom stereocenters. The van der Waals surface area contributed by atoms with Crippen molar-refractivity contribution in [3.63, 3.8) is 0 Å². The van der Waals surface area contributed by atoms with Crippen molar-refractivity contribution in [1.29, 1.82) is 0 Å². The number of hydrogen-bond acceptors (Lipinski definition) is 2. The van der Waals surface area contributed by atoms with Gasteiger partial charge in [0, 0.05) is 11.3 Å². The minimum Gasteiger partial charge on any atom is -0.314 e. The zero-order valence-electron chi connectivity index (χ0n) is 9.01. The van der Waals surface area contributed by atoms with Crippen molar-refractivity contribution in [3.8, 4) is 0 Å². The zero-order chi connectivity index (χ0) is 9.52. The molecule has 2 heteroatoms. The molecule has 1 rings (SSSR count). The van der Waals surface area contributed by atoms with Crippen molar-refractivity contribution in [3.05, 3.63) is 0 Å². The molecule has 1 aliphatic rings. The molecule has 1 N–H and O–H groups in total. The van der Waals surface area contributed by atoms with Gasteiger partial charge in [0.15, 0.2) is 0 Å². The summed E-state index contributed by atoms with van der Waals surface area (Å²) in [5, 5.41) is 4.41. The number of nitrogens with one attached hydrogen (secondary N) is 1. The van der Waals surface area contributed by atoms with Gasteiger partial charge in [-0.3, -0.25) is 0 Å². The molecule has 0 spiro atoms. The molecule has 1 fully saturated rings. The van der Waals surface area contributed by atoms with Gasteiger partial charge in [-0.15, -0.1) is 0 Å². The largest absolute Gasteiger partial charge is 0.314 e. The van der Waals surface area contributed by atoms with Crippen LogP contribution in [0.1, 0.15) is 46.0 Å². The maximum atomic E-state index is 3.55. The summed E-state index contributed by atoms with van der Waals surface area (Å²) in [5.41, 5.74) is 0. The molecule has 0 radical (unpaired) electrons. The van der Waals surface area contributed by atoms with Crippen molar-refractivity contribution < 1.29 is 0 Å². The molecule has 1 saturated carbocycles. The molecular weight excluding hydrogens is 178 g/mol. The second-order valence-electron chi connectivity index (χ2n) is 4.03. The van der Waals surface area contributed by atoms with Crippen LogP contribution in [0.3, 0.4) is 0 Å². The third-order valence-electron chi connectivity index (χ3n) is 2.56. The van der Waals surface area contributed by atoms with E-state index in [1.165, 1.54) is 44.4 Å². The van der Waals surface area contributed by atoms with E-state index in [1.54, 1.807) is 0 Å². The summed E-state index contributed by atoms with van der Waals surface area (Å²) in [7, 11) is 0. The highest BCUT2D eigenvalue weighted by atomic mass is 32.2. The lowest BCUT2D eigenvalue weighted by Crippen LogP contribution is -2.17. The Bertz CT molecular complexity index is 123. The first kappa shape index (κ1) is 11.4. The summed E-state index contributed by atoms with van der Waals surface area (Å²) in [6.07, 6.45) is 6.89. The van der Waals surface area contributed by atoms with Crippen LogP contribution in [0, 0.1) is 0 Å². The molecule has 1 atom stereocenters. The van der Waals surface area contributed by atoms with Gasteiger partial charge in [0.05, 0.1) is 0 Å². The van der Waals surface area contributed by atoms with E-state index < -0.39 is 0 Å². The second kappa shape index (κ2) is 6.72. The van der Waals surface area contributed by atoms with E-state index in [0.717, 1.165) is 11.3 Å². The highest BCUT2D eigenvalue weighted by molar-refractivity contribution is 7.99. The molecule has 78 valence electrons. The van der Waals surface area contributed by atoms with E-state index in [9.17, 15) is 0 Å². The standard InChI is InChI=1S/C11H23NS/c1-3-10(2)13-9-5-4-8-12-11-6-7-11/h10-12H,3-9H2,1-2H3. The van der Waals surface area contributed by atoms with Crippen LogP contribution in [-0.2, 0) is 0 Å². The van der Waals surface area contributed by atoms with Gasteiger partial charge < -0.3 is 5.32 Å². The molecule has 0 aromatic rings. The average molecular weight is 201 g/mol. The summed E-state index contributed by atoms with van der Waals surface area (Å²) in [6.45, 7) is 5.84. The molecule has 0 saturated heterocycles. The molecule has 0 bridgehead atoms. The normalized spacial score (nSPS) is 18.9.